The first kappa shape index (κ1) is 12.2. The Morgan fingerprint density at radius 1 is 1.50 bits per heavy atom. The highest BCUT2D eigenvalue weighted by Crippen LogP contribution is 2.23. The highest BCUT2D eigenvalue weighted by atomic mass is 16.6. The zero-order chi connectivity index (χ0) is 12.0. The Kier molecular flexibility index (Phi) is 3.99. The predicted molar refractivity (Wildman–Crippen MR) is 54.4 cm³/mol. The van der Waals surface area contributed by atoms with Gasteiger partial charge in [0.1, 0.15) is 0 Å². The molecule has 0 amide bonds. The molecule has 0 spiro atoms. The van der Waals surface area contributed by atoms with E-state index in [1.54, 1.807) is 12.2 Å². The van der Waals surface area contributed by atoms with Crippen molar-refractivity contribution >= 4 is 18.2 Å². The summed E-state index contributed by atoms with van der Waals surface area (Å²) in [5.41, 5.74) is -1.33. The van der Waals surface area contributed by atoms with Gasteiger partial charge in [0, 0.05) is 13.3 Å². The van der Waals surface area contributed by atoms with Crippen molar-refractivity contribution < 1.29 is 23.9 Å². The van der Waals surface area contributed by atoms with Crippen LogP contribution in [0, 0.1) is 0 Å². The van der Waals surface area contributed by atoms with E-state index >= 15 is 0 Å². The molecule has 1 aliphatic carbocycles. The van der Waals surface area contributed by atoms with Crippen LogP contribution in [0.5, 0.6) is 0 Å². The summed E-state index contributed by atoms with van der Waals surface area (Å²) in [4.78, 5) is 32.6. The van der Waals surface area contributed by atoms with Crippen LogP contribution in [0.3, 0.4) is 0 Å². The summed E-state index contributed by atoms with van der Waals surface area (Å²) >= 11 is 0. The molecule has 0 saturated carbocycles. The summed E-state index contributed by atoms with van der Waals surface area (Å²) in [7, 11) is 0. The second-order valence-corrected chi connectivity index (χ2v) is 3.28. The molecule has 0 N–H and O–H groups in total. The minimum Gasteiger partial charge on any atom is -0.468 e. The van der Waals surface area contributed by atoms with Crippen molar-refractivity contribution in [3.05, 3.63) is 24.3 Å². The third-order valence-corrected chi connectivity index (χ3v) is 2.13. The standard InChI is InChI=1S/C11H12O5/c1-9(13)16-11(6-7-15-8-12)5-3-2-4-10(11)14/h2-5,8H,6-7H2,1H3. The first-order valence-corrected chi connectivity index (χ1v) is 4.76. The molecule has 86 valence electrons. The normalized spacial score (nSPS) is 22.9. The van der Waals surface area contributed by atoms with Gasteiger partial charge in [-0.1, -0.05) is 12.2 Å². The third-order valence-electron chi connectivity index (χ3n) is 2.13. The first-order valence-electron chi connectivity index (χ1n) is 4.76. The van der Waals surface area contributed by atoms with Crippen LogP contribution in [0.25, 0.3) is 0 Å². The molecular formula is C11H12O5. The lowest BCUT2D eigenvalue weighted by Crippen LogP contribution is -2.42. The molecule has 5 nitrogen and oxygen atoms in total. The fourth-order valence-corrected chi connectivity index (χ4v) is 1.43. The molecule has 0 aliphatic heterocycles. The summed E-state index contributed by atoms with van der Waals surface area (Å²) in [5.74, 6) is -0.890. The number of ether oxygens (including phenoxy) is 2. The Morgan fingerprint density at radius 2 is 2.25 bits per heavy atom. The summed E-state index contributed by atoms with van der Waals surface area (Å²) in [5, 5.41) is 0. The highest BCUT2D eigenvalue weighted by molar-refractivity contribution is 6.01. The summed E-state index contributed by atoms with van der Waals surface area (Å²) in [6.07, 6.45) is 6.11. The Labute approximate surface area is 92.7 Å². The fraction of sp³-hybridized carbons (Fsp3) is 0.364. The minimum atomic E-state index is -1.33. The Hall–Kier alpha value is -1.91. The lowest BCUT2D eigenvalue weighted by atomic mass is 9.90. The van der Waals surface area contributed by atoms with Crippen LogP contribution < -0.4 is 0 Å². The summed E-state index contributed by atoms with van der Waals surface area (Å²) in [6, 6.07) is 0. The van der Waals surface area contributed by atoms with E-state index in [9.17, 15) is 14.4 Å². The van der Waals surface area contributed by atoms with Gasteiger partial charge in [0.2, 0.25) is 5.78 Å². The Balaban J connectivity index is 2.79. The van der Waals surface area contributed by atoms with Crippen LogP contribution in [-0.4, -0.2) is 30.4 Å². The van der Waals surface area contributed by atoms with Crippen molar-refractivity contribution in [2.75, 3.05) is 6.61 Å². The van der Waals surface area contributed by atoms with E-state index in [1.165, 1.54) is 19.1 Å². The van der Waals surface area contributed by atoms with Gasteiger partial charge in [-0.2, -0.15) is 0 Å². The van der Waals surface area contributed by atoms with Crippen LogP contribution in [0.4, 0.5) is 0 Å². The molecule has 0 heterocycles. The van der Waals surface area contributed by atoms with Crippen molar-refractivity contribution in [2.24, 2.45) is 0 Å². The van der Waals surface area contributed by atoms with E-state index in [4.69, 9.17) is 4.74 Å². The number of rotatable bonds is 5. The third kappa shape index (κ3) is 2.79. The van der Waals surface area contributed by atoms with Gasteiger partial charge in [0.05, 0.1) is 6.61 Å². The number of ketones is 1. The van der Waals surface area contributed by atoms with Crippen LogP contribution in [0.1, 0.15) is 13.3 Å². The molecule has 0 aromatic heterocycles. The maximum atomic E-state index is 11.7. The molecule has 0 aromatic rings. The van der Waals surface area contributed by atoms with E-state index in [-0.39, 0.29) is 25.3 Å². The molecule has 16 heavy (non-hydrogen) atoms. The van der Waals surface area contributed by atoms with Gasteiger partial charge in [0.25, 0.3) is 6.47 Å². The molecule has 1 aliphatic rings. The molecule has 1 unspecified atom stereocenters. The van der Waals surface area contributed by atoms with Crippen LogP contribution in [0.15, 0.2) is 24.3 Å². The maximum Gasteiger partial charge on any atom is 0.303 e. The number of hydrogen-bond acceptors (Lipinski definition) is 5. The van der Waals surface area contributed by atoms with Gasteiger partial charge in [-0.25, -0.2) is 0 Å². The molecule has 5 heteroatoms. The number of carbonyl (C=O) groups excluding carboxylic acids is 3. The van der Waals surface area contributed by atoms with Crippen molar-refractivity contribution in [2.45, 2.75) is 18.9 Å². The number of carbonyl (C=O) groups is 3. The van der Waals surface area contributed by atoms with E-state index in [2.05, 4.69) is 4.74 Å². The van der Waals surface area contributed by atoms with Gasteiger partial charge in [-0.3, -0.25) is 14.4 Å². The Bertz CT molecular complexity index is 355. The smallest absolute Gasteiger partial charge is 0.303 e. The molecule has 0 radical (unpaired) electrons. The maximum absolute atomic E-state index is 11.7. The molecule has 0 bridgehead atoms. The lowest BCUT2D eigenvalue weighted by molar-refractivity contribution is -0.160. The van der Waals surface area contributed by atoms with E-state index in [0.717, 1.165) is 0 Å². The average Bonchev–Trinajstić information content (AvgIpc) is 2.22. The average molecular weight is 224 g/mol. The Morgan fingerprint density at radius 3 is 2.81 bits per heavy atom. The van der Waals surface area contributed by atoms with E-state index in [0.29, 0.717) is 0 Å². The van der Waals surface area contributed by atoms with Gasteiger partial charge >= 0.3 is 5.97 Å². The van der Waals surface area contributed by atoms with Gasteiger partial charge in [-0.15, -0.1) is 0 Å². The molecule has 0 fully saturated rings. The van der Waals surface area contributed by atoms with Gasteiger partial charge in [-0.05, 0) is 12.2 Å². The van der Waals surface area contributed by atoms with Gasteiger partial charge < -0.3 is 9.47 Å². The second-order valence-electron chi connectivity index (χ2n) is 3.28. The molecule has 0 aromatic carbocycles. The lowest BCUT2D eigenvalue weighted by Gasteiger charge is -2.28. The van der Waals surface area contributed by atoms with Crippen LogP contribution >= 0.6 is 0 Å². The SMILES string of the molecule is CC(=O)OC1(CCOC=O)C=CC=CC1=O. The van der Waals surface area contributed by atoms with Crippen molar-refractivity contribution in [3.8, 4) is 0 Å². The number of hydrogen-bond donors (Lipinski definition) is 0. The van der Waals surface area contributed by atoms with Crippen molar-refractivity contribution in [1.82, 2.24) is 0 Å². The molecule has 1 atom stereocenters. The highest BCUT2D eigenvalue weighted by Gasteiger charge is 2.38. The van der Waals surface area contributed by atoms with Gasteiger partial charge in [0.15, 0.2) is 5.60 Å². The van der Waals surface area contributed by atoms with E-state index < -0.39 is 11.6 Å². The minimum absolute atomic E-state index is 0.0146. The zero-order valence-corrected chi connectivity index (χ0v) is 8.84. The molecule has 0 saturated heterocycles. The van der Waals surface area contributed by atoms with E-state index in [1.807, 2.05) is 0 Å². The van der Waals surface area contributed by atoms with Crippen LogP contribution in [0.2, 0.25) is 0 Å². The first-order chi connectivity index (χ1) is 7.60. The largest absolute Gasteiger partial charge is 0.468 e. The fourth-order valence-electron chi connectivity index (χ4n) is 1.43. The quantitative estimate of drug-likeness (QED) is 0.387. The monoisotopic (exact) mass is 224 g/mol. The summed E-state index contributed by atoms with van der Waals surface area (Å²) < 4.78 is 9.52. The predicted octanol–water partition coefficient (Wildman–Crippen LogP) is 0.546. The molecule has 1 rings (SSSR count). The molecular weight excluding hydrogens is 212 g/mol. The zero-order valence-electron chi connectivity index (χ0n) is 8.84. The topological polar surface area (TPSA) is 69.7 Å². The van der Waals surface area contributed by atoms with Crippen LogP contribution in [-0.2, 0) is 23.9 Å². The second kappa shape index (κ2) is 5.25. The van der Waals surface area contributed by atoms with Crippen molar-refractivity contribution in [3.63, 3.8) is 0 Å². The number of allylic oxidation sites excluding steroid dienone is 2. The van der Waals surface area contributed by atoms with Crippen molar-refractivity contribution in [1.29, 1.82) is 0 Å². The number of esters is 1. The summed E-state index contributed by atoms with van der Waals surface area (Å²) in [6.45, 7) is 1.52.